The van der Waals surface area contributed by atoms with Crippen LogP contribution < -0.4 is 0 Å². The van der Waals surface area contributed by atoms with Gasteiger partial charge >= 0.3 is 0 Å². The molecule has 0 aromatic heterocycles. The van der Waals surface area contributed by atoms with Crippen LogP contribution in [0.3, 0.4) is 0 Å². The van der Waals surface area contributed by atoms with Gasteiger partial charge < -0.3 is 10.0 Å². The minimum atomic E-state index is -1.32. The van der Waals surface area contributed by atoms with Crippen molar-refractivity contribution in [3.8, 4) is 0 Å². The maximum Gasteiger partial charge on any atom is 0.223 e. The number of carbonyl (C=O) groups excluding carboxylic acids is 2. The van der Waals surface area contributed by atoms with Crippen molar-refractivity contribution < 1.29 is 14.7 Å². The summed E-state index contributed by atoms with van der Waals surface area (Å²) in [6.07, 6.45) is 3.61. The van der Waals surface area contributed by atoms with Crippen LogP contribution in [0, 0.1) is 0 Å². The molecule has 2 unspecified atom stereocenters. The van der Waals surface area contributed by atoms with Crippen LogP contribution in [0.1, 0.15) is 32.6 Å². The second-order valence-electron chi connectivity index (χ2n) is 5.02. The van der Waals surface area contributed by atoms with Gasteiger partial charge in [-0.05, 0) is 26.2 Å². The van der Waals surface area contributed by atoms with Crippen molar-refractivity contribution in [2.75, 3.05) is 18.8 Å². The van der Waals surface area contributed by atoms with Crippen molar-refractivity contribution >= 4 is 23.5 Å². The Morgan fingerprint density at radius 1 is 1.47 bits per heavy atom. The molecule has 0 bridgehead atoms. The van der Waals surface area contributed by atoms with E-state index in [-0.39, 0.29) is 23.4 Å². The van der Waals surface area contributed by atoms with E-state index in [1.54, 1.807) is 0 Å². The first-order valence-corrected chi connectivity index (χ1v) is 7.22. The first kappa shape index (κ1) is 12.9. The SMILES string of the molecule is CC1(O)C(=O)CSC1CC(=O)N1CCCCC1. The molecule has 5 heteroatoms. The molecule has 2 aliphatic heterocycles. The van der Waals surface area contributed by atoms with E-state index in [2.05, 4.69) is 0 Å². The zero-order valence-corrected chi connectivity index (χ0v) is 11.0. The van der Waals surface area contributed by atoms with Crippen LogP contribution in [0.15, 0.2) is 0 Å². The number of nitrogens with zero attached hydrogens (tertiary/aromatic N) is 1. The number of ketones is 1. The Morgan fingerprint density at radius 2 is 2.12 bits per heavy atom. The molecule has 0 radical (unpaired) electrons. The Kier molecular flexibility index (Phi) is 3.78. The molecule has 2 atom stereocenters. The summed E-state index contributed by atoms with van der Waals surface area (Å²) in [6, 6.07) is 0. The second-order valence-corrected chi connectivity index (χ2v) is 6.21. The van der Waals surface area contributed by atoms with Crippen LogP contribution >= 0.6 is 11.8 Å². The largest absolute Gasteiger partial charge is 0.381 e. The van der Waals surface area contributed by atoms with E-state index in [0.29, 0.717) is 5.75 Å². The van der Waals surface area contributed by atoms with E-state index in [1.165, 1.54) is 25.1 Å². The molecule has 1 amide bonds. The molecule has 2 rings (SSSR count). The van der Waals surface area contributed by atoms with Gasteiger partial charge in [-0.2, -0.15) is 0 Å². The fourth-order valence-corrected chi connectivity index (χ4v) is 3.71. The van der Waals surface area contributed by atoms with E-state index in [1.807, 2.05) is 4.90 Å². The molecule has 0 aliphatic carbocycles. The Morgan fingerprint density at radius 3 is 2.65 bits per heavy atom. The van der Waals surface area contributed by atoms with E-state index in [4.69, 9.17) is 0 Å². The average Bonchev–Trinajstić information content (AvgIpc) is 2.57. The van der Waals surface area contributed by atoms with Crippen molar-refractivity contribution in [1.29, 1.82) is 0 Å². The van der Waals surface area contributed by atoms with Gasteiger partial charge in [0.25, 0.3) is 0 Å². The molecule has 0 aromatic rings. The van der Waals surface area contributed by atoms with Crippen LogP contribution in [-0.2, 0) is 9.59 Å². The van der Waals surface area contributed by atoms with Gasteiger partial charge in [0, 0.05) is 24.8 Å². The number of Topliss-reactive ketones (excluding diaryl/α,β-unsaturated/α-hetero) is 1. The van der Waals surface area contributed by atoms with E-state index in [0.717, 1.165) is 25.9 Å². The van der Waals surface area contributed by atoms with Crippen molar-refractivity contribution in [3.63, 3.8) is 0 Å². The fraction of sp³-hybridized carbons (Fsp3) is 0.833. The molecule has 2 aliphatic rings. The predicted molar refractivity (Wildman–Crippen MR) is 66.9 cm³/mol. The predicted octanol–water partition coefficient (Wildman–Crippen LogP) is 0.824. The van der Waals surface area contributed by atoms with Crippen molar-refractivity contribution in [3.05, 3.63) is 0 Å². The van der Waals surface area contributed by atoms with Crippen molar-refractivity contribution in [1.82, 2.24) is 4.90 Å². The highest BCUT2D eigenvalue weighted by Gasteiger charge is 2.46. The third kappa shape index (κ3) is 2.65. The van der Waals surface area contributed by atoms with Gasteiger partial charge in [0.15, 0.2) is 5.78 Å². The summed E-state index contributed by atoms with van der Waals surface area (Å²) >= 11 is 1.40. The zero-order chi connectivity index (χ0) is 12.5. The smallest absolute Gasteiger partial charge is 0.223 e. The van der Waals surface area contributed by atoms with E-state index < -0.39 is 5.60 Å². The Bertz CT molecular complexity index is 324. The minimum Gasteiger partial charge on any atom is -0.381 e. The second kappa shape index (κ2) is 4.98. The molecule has 96 valence electrons. The molecule has 0 aromatic carbocycles. The van der Waals surface area contributed by atoms with Gasteiger partial charge in [-0.1, -0.05) is 0 Å². The summed E-state index contributed by atoms with van der Waals surface area (Å²) < 4.78 is 0. The minimum absolute atomic E-state index is 0.0807. The molecule has 17 heavy (non-hydrogen) atoms. The molecule has 0 saturated carbocycles. The number of hydrogen-bond acceptors (Lipinski definition) is 4. The summed E-state index contributed by atoms with van der Waals surface area (Å²) in [5.74, 6) is 0.251. The van der Waals surface area contributed by atoms with Crippen LogP contribution in [0.25, 0.3) is 0 Å². The standard InChI is InChI=1S/C12H19NO3S/c1-12(16)9(14)8-17-10(12)7-11(15)13-5-3-2-4-6-13/h10,16H,2-8H2,1H3. The summed E-state index contributed by atoms with van der Waals surface area (Å²) in [5.41, 5.74) is -1.32. The van der Waals surface area contributed by atoms with Crippen LogP contribution in [0.4, 0.5) is 0 Å². The van der Waals surface area contributed by atoms with Crippen molar-refractivity contribution in [2.45, 2.75) is 43.5 Å². The topological polar surface area (TPSA) is 57.6 Å². The van der Waals surface area contributed by atoms with Gasteiger partial charge in [-0.15, -0.1) is 11.8 Å². The highest BCUT2D eigenvalue weighted by Crippen LogP contribution is 2.35. The highest BCUT2D eigenvalue weighted by molar-refractivity contribution is 8.01. The van der Waals surface area contributed by atoms with Gasteiger partial charge in [0.1, 0.15) is 5.60 Å². The third-order valence-electron chi connectivity index (χ3n) is 3.68. The molecule has 2 fully saturated rings. The van der Waals surface area contributed by atoms with Crippen LogP contribution in [0.2, 0.25) is 0 Å². The number of rotatable bonds is 2. The lowest BCUT2D eigenvalue weighted by molar-refractivity contribution is -0.136. The first-order chi connectivity index (χ1) is 8.01. The van der Waals surface area contributed by atoms with Crippen LogP contribution in [0.5, 0.6) is 0 Å². The lowest BCUT2D eigenvalue weighted by atomic mass is 9.95. The number of thioether (sulfide) groups is 1. The molecular weight excluding hydrogens is 238 g/mol. The molecule has 2 saturated heterocycles. The lowest BCUT2D eigenvalue weighted by Crippen LogP contribution is -2.44. The first-order valence-electron chi connectivity index (χ1n) is 6.17. The van der Waals surface area contributed by atoms with Crippen molar-refractivity contribution in [2.24, 2.45) is 0 Å². The number of piperidine rings is 1. The molecule has 4 nitrogen and oxygen atoms in total. The lowest BCUT2D eigenvalue weighted by Gasteiger charge is -2.29. The molecule has 2 heterocycles. The maximum absolute atomic E-state index is 12.0. The Balaban J connectivity index is 1.92. The third-order valence-corrected chi connectivity index (χ3v) is 5.13. The molecular formula is C12H19NO3S. The number of hydrogen-bond donors (Lipinski definition) is 1. The monoisotopic (exact) mass is 257 g/mol. The maximum atomic E-state index is 12.0. The number of carbonyl (C=O) groups is 2. The van der Waals surface area contributed by atoms with Gasteiger partial charge in [0.05, 0.1) is 5.75 Å². The quantitative estimate of drug-likeness (QED) is 0.796. The van der Waals surface area contributed by atoms with Gasteiger partial charge in [-0.3, -0.25) is 9.59 Å². The normalized spacial score (nSPS) is 34.1. The highest BCUT2D eigenvalue weighted by atomic mass is 32.2. The number of aliphatic hydroxyl groups is 1. The number of likely N-dealkylation sites (tertiary alicyclic amines) is 1. The van der Waals surface area contributed by atoms with E-state index in [9.17, 15) is 14.7 Å². The Hall–Kier alpha value is -0.550. The molecule has 0 spiro atoms. The van der Waals surface area contributed by atoms with Gasteiger partial charge in [0.2, 0.25) is 5.91 Å². The summed E-state index contributed by atoms with van der Waals surface area (Å²) in [6.45, 7) is 3.18. The summed E-state index contributed by atoms with van der Waals surface area (Å²) in [4.78, 5) is 25.4. The van der Waals surface area contributed by atoms with Crippen LogP contribution in [-0.4, -0.2) is 51.4 Å². The Labute approximate surface area is 106 Å². The number of amides is 1. The summed E-state index contributed by atoms with van der Waals surface area (Å²) in [5, 5.41) is 9.76. The zero-order valence-electron chi connectivity index (χ0n) is 10.1. The summed E-state index contributed by atoms with van der Waals surface area (Å²) in [7, 11) is 0. The molecule has 1 N–H and O–H groups in total. The fourth-order valence-electron chi connectivity index (χ4n) is 2.35. The van der Waals surface area contributed by atoms with Gasteiger partial charge in [-0.25, -0.2) is 0 Å². The van der Waals surface area contributed by atoms with E-state index >= 15 is 0 Å². The average molecular weight is 257 g/mol.